The molecule has 0 radical (unpaired) electrons. The number of nitrogens with one attached hydrogen (secondary N) is 1. The van der Waals surface area contributed by atoms with Gasteiger partial charge in [-0.15, -0.1) is 0 Å². The van der Waals surface area contributed by atoms with Gasteiger partial charge < -0.3 is 10.1 Å². The van der Waals surface area contributed by atoms with Gasteiger partial charge >= 0.3 is 0 Å². The van der Waals surface area contributed by atoms with E-state index in [-0.39, 0.29) is 6.04 Å². The zero-order valence-corrected chi connectivity index (χ0v) is 14.4. The molecule has 25 heavy (non-hydrogen) atoms. The lowest BCUT2D eigenvalue weighted by molar-refractivity contribution is 0.480. The quantitative estimate of drug-likeness (QED) is 0.718. The van der Waals surface area contributed by atoms with E-state index in [2.05, 4.69) is 43.4 Å². The van der Waals surface area contributed by atoms with Crippen LogP contribution in [0, 0.1) is 0 Å². The summed E-state index contributed by atoms with van der Waals surface area (Å²) in [6.45, 7) is 4.21. The molecule has 2 heterocycles. The Balaban J connectivity index is 1.68. The summed E-state index contributed by atoms with van der Waals surface area (Å²) >= 11 is 0. The fourth-order valence-corrected chi connectivity index (χ4v) is 3.10. The summed E-state index contributed by atoms with van der Waals surface area (Å²) in [5, 5.41) is 8.14. The summed E-state index contributed by atoms with van der Waals surface area (Å²) in [6.07, 6.45) is 3.12. The van der Waals surface area contributed by atoms with Gasteiger partial charge in [-0.05, 0) is 49.2 Å². The van der Waals surface area contributed by atoms with Crippen LogP contribution in [0.15, 0.2) is 72.4 Å². The lowest BCUT2D eigenvalue weighted by Crippen LogP contribution is -2.19. The van der Waals surface area contributed by atoms with E-state index in [1.807, 2.05) is 47.1 Å². The summed E-state index contributed by atoms with van der Waals surface area (Å²) in [6, 6.07) is 20.2. The number of fused-ring (bicyclic) bond motifs is 1. The SMILES string of the molecule is CCc1cc2n(n1)C(c1cccc(Oc3ccccc3)c1)C=C(C)N2. The number of aryl methyl sites for hydroxylation is 1. The molecule has 0 aliphatic carbocycles. The maximum Gasteiger partial charge on any atom is 0.129 e. The molecule has 0 saturated heterocycles. The van der Waals surface area contributed by atoms with Crippen molar-refractivity contribution in [3.8, 4) is 11.5 Å². The Morgan fingerprint density at radius 1 is 1.04 bits per heavy atom. The molecule has 2 aromatic carbocycles. The second-order valence-corrected chi connectivity index (χ2v) is 6.23. The zero-order chi connectivity index (χ0) is 17.2. The van der Waals surface area contributed by atoms with Crippen LogP contribution in [-0.4, -0.2) is 9.78 Å². The highest BCUT2D eigenvalue weighted by Gasteiger charge is 2.22. The maximum atomic E-state index is 5.99. The predicted molar refractivity (Wildman–Crippen MR) is 100 cm³/mol. The molecule has 4 rings (SSSR count). The van der Waals surface area contributed by atoms with Gasteiger partial charge in [-0.2, -0.15) is 5.10 Å². The van der Waals surface area contributed by atoms with E-state index < -0.39 is 0 Å². The molecule has 1 unspecified atom stereocenters. The highest BCUT2D eigenvalue weighted by atomic mass is 16.5. The first-order valence-electron chi connectivity index (χ1n) is 8.59. The first-order valence-corrected chi connectivity index (χ1v) is 8.59. The second kappa shape index (κ2) is 6.48. The third kappa shape index (κ3) is 3.15. The van der Waals surface area contributed by atoms with Crippen molar-refractivity contribution in [3.63, 3.8) is 0 Å². The van der Waals surface area contributed by atoms with E-state index in [9.17, 15) is 0 Å². The lowest BCUT2D eigenvalue weighted by Gasteiger charge is -2.24. The van der Waals surface area contributed by atoms with E-state index in [0.29, 0.717) is 0 Å². The van der Waals surface area contributed by atoms with E-state index in [1.54, 1.807) is 0 Å². The van der Waals surface area contributed by atoms with Crippen LogP contribution >= 0.6 is 0 Å². The third-order valence-corrected chi connectivity index (χ3v) is 4.32. The highest BCUT2D eigenvalue weighted by molar-refractivity contribution is 5.49. The lowest BCUT2D eigenvalue weighted by atomic mass is 10.0. The van der Waals surface area contributed by atoms with Crippen LogP contribution < -0.4 is 10.1 Å². The molecule has 0 spiro atoms. The highest BCUT2D eigenvalue weighted by Crippen LogP contribution is 2.32. The van der Waals surface area contributed by atoms with Crippen molar-refractivity contribution < 1.29 is 4.74 Å². The molecule has 1 N–H and O–H groups in total. The first kappa shape index (κ1) is 15.5. The van der Waals surface area contributed by atoms with Crippen LogP contribution in [0.1, 0.15) is 31.1 Å². The fourth-order valence-electron chi connectivity index (χ4n) is 3.10. The monoisotopic (exact) mass is 331 g/mol. The van der Waals surface area contributed by atoms with Crippen molar-refractivity contribution in [1.29, 1.82) is 0 Å². The summed E-state index contributed by atoms with van der Waals surface area (Å²) in [4.78, 5) is 0. The molecule has 1 aromatic heterocycles. The molecule has 1 aliphatic rings. The second-order valence-electron chi connectivity index (χ2n) is 6.23. The van der Waals surface area contributed by atoms with Crippen molar-refractivity contribution >= 4 is 5.82 Å². The van der Waals surface area contributed by atoms with Crippen molar-refractivity contribution in [1.82, 2.24) is 9.78 Å². The van der Waals surface area contributed by atoms with Crippen molar-refractivity contribution in [2.75, 3.05) is 5.32 Å². The smallest absolute Gasteiger partial charge is 0.129 e. The number of ether oxygens (including phenoxy) is 1. The fraction of sp³-hybridized carbons (Fsp3) is 0.190. The Hall–Kier alpha value is -3.01. The van der Waals surface area contributed by atoms with Gasteiger partial charge in [0.15, 0.2) is 0 Å². The third-order valence-electron chi connectivity index (χ3n) is 4.32. The molecule has 126 valence electrons. The number of hydrogen-bond acceptors (Lipinski definition) is 3. The van der Waals surface area contributed by atoms with Crippen LogP contribution in [0.2, 0.25) is 0 Å². The van der Waals surface area contributed by atoms with Crippen LogP contribution in [0.25, 0.3) is 0 Å². The summed E-state index contributed by atoms with van der Waals surface area (Å²) in [5.74, 6) is 2.71. The number of para-hydroxylation sites is 1. The van der Waals surface area contributed by atoms with Crippen molar-refractivity contribution in [3.05, 3.63) is 83.7 Å². The zero-order valence-electron chi connectivity index (χ0n) is 14.4. The van der Waals surface area contributed by atoms with Gasteiger partial charge in [0.25, 0.3) is 0 Å². The molecular formula is C21H21N3O. The van der Waals surface area contributed by atoms with E-state index in [0.717, 1.165) is 40.7 Å². The predicted octanol–water partition coefficient (Wildman–Crippen LogP) is 5.16. The summed E-state index contributed by atoms with van der Waals surface area (Å²) in [5.41, 5.74) is 3.38. The normalized spacial score (nSPS) is 15.9. The molecule has 0 amide bonds. The number of anilines is 1. The largest absolute Gasteiger partial charge is 0.457 e. The molecule has 3 aromatic rings. The number of allylic oxidation sites excluding steroid dienone is 2. The number of nitrogens with zero attached hydrogens (tertiary/aromatic N) is 2. The minimum absolute atomic E-state index is 0.0656. The Morgan fingerprint density at radius 3 is 2.64 bits per heavy atom. The van der Waals surface area contributed by atoms with Gasteiger partial charge in [-0.1, -0.05) is 37.3 Å². The van der Waals surface area contributed by atoms with Crippen LogP contribution in [0.5, 0.6) is 11.5 Å². The van der Waals surface area contributed by atoms with Gasteiger partial charge in [-0.3, -0.25) is 0 Å². The van der Waals surface area contributed by atoms with Crippen LogP contribution in [0.3, 0.4) is 0 Å². The van der Waals surface area contributed by atoms with Crippen molar-refractivity contribution in [2.45, 2.75) is 26.3 Å². The minimum atomic E-state index is 0.0656. The molecular weight excluding hydrogens is 310 g/mol. The number of aromatic nitrogens is 2. The number of hydrogen-bond donors (Lipinski definition) is 1. The Morgan fingerprint density at radius 2 is 1.84 bits per heavy atom. The van der Waals surface area contributed by atoms with Crippen molar-refractivity contribution in [2.24, 2.45) is 0 Å². The topological polar surface area (TPSA) is 39.1 Å². The average Bonchev–Trinajstić information content (AvgIpc) is 3.05. The van der Waals surface area contributed by atoms with Crippen LogP contribution in [-0.2, 0) is 6.42 Å². The molecule has 1 atom stereocenters. The molecule has 0 bridgehead atoms. The Kier molecular flexibility index (Phi) is 4.02. The van der Waals surface area contributed by atoms with Gasteiger partial charge in [0.2, 0.25) is 0 Å². The first-order chi connectivity index (χ1) is 12.2. The molecule has 4 heteroatoms. The standard InChI is InChI=1S/C21H21N3O/c1-3-17-14-21-22-15(2)12-20(24(21)23-17)16-8-7-11-19(13-16)25-18-9-5-4-6-10-18/h4-14,20,22H,3H2,1-2H3. The van der Waals surface area contributed by atoms with E-state index in [1.165, 1.54) is 0 Å². The molecule has 4 nitrogen and oxygen atoms in total. The number of rotatable bonds is 4. The molecule has 1 aliphatic heterocycles. The van der Waals surface area contributed by atoms with Gasteiger partial charge in [-0.25, -0.2) is 4.68 Å². The maximum absolute atomic E-state index is 5.99. The Labute approximate surface area is 147 Å². The van der Waals surface area contributed by atoms with Gasteiger partial charge in [0, 0.05) is 11.8 Å². The summed E-state index contributed by atoms with van der Waals surface area (Å²) in [7, 11) is 0. The van der Waals surface area contributed by atoms with E-state index >= 15 is 0 Å². The van der Waals surface area contributed by atoms with E-state index in [4.69, 9.17) is 9.84 Å². The van der Waals surface area contributed by atoms with Gasteiger partial charge in [0.1, 0.15) is 17.3 Å². The molecule has 0 fully saturated rings. The average molecular weight is 331 g/mol. The Bertz CT molecular complexity index is 912. The summed E-state index contributed by atoms with van der Waals surface area (Å²) < 4.78 is 8.03. The number of benzene rings is 2. The minimum Gasteiger partial charge on any atom is -0.457 e. The molecule has 0 saturated carbocycles. The van der Waals surface area contributed by atoms with Crippen LogP contribution in [0.4, 0.5) is 5.82 Å². The van der Waals surface area contributed by atoms with Gasteiger partial charge in [0.05, 0.1) is 11.7 Å².